The van der Waals surface area contributed by atoms with Gasteiger partial charge in [-0.25, -0.2) is 0 Å². The monoisotopic (exact) mass is 362 g/mol. The number of benzene rings is 4. The predicted octanol–water partition coefficient (Wildman–Crippen LogP) is 6.53. The van der Waals surface area contributed by atoms with Crippen molar-refractivity contribution in [1.82, 2.24) is 10.2 Å². The second kappa shape index (κ2) is 6.78. The summed E-state index contributed by atoms with van der Waals surface area (Å²) in [6, 6.07) is 31.0. The normalized spacial score (nSPS) is 11.0. The fraction of sp³-hybridized carbons (Fsp3) is 0.0400. The number of hydrogen-bond acceptors (Lipinski definition) is 3. The van der Waals surface area contributed by atoms with Crippen LogP contribution in [0, 0.1) is 6.92 Å². The first-order valence-corrected chi connectivity index (χ1v) is 9.27. The molecule has 1 aromatic heterocycles. The van der Waals surface area contributed by atoms with Gasteiger partial charge in [-0.1, -0.05) is 78.4 Å². The first kappa shape index (κ1) is 16.5. The molecule has 0 spiro atoms. The van der Waals surface area contributed by atoms with Crippen LogP contribution in [-0.4, -0.2) is 10.2 Å². The molecule has 0 bridgehead atoms. The van der Waals surface area contributed by atoms with Crippen LogP contribution >= 0.6 is 0 Å². The minimum absolute atomic E-state index is 0.526. The summed E-state index contributed by atoms with van der Waals surface area (Å²) in [7, 11) is 0. The van der Waals surface area contributed by atoms with Crippen LogP contribution in [0.2, 0.25) is 0 Å². The van der Waals surface area contributed by atoms with Crippen LogP contribution in [0.3, 0.4) is 0 Å². The van der Waals surface area contributed by atoms with Gasteiger partial charge in [0.15, 0.2) is 0 Å². The van der Waals surface area contributed by atoms with Crippen molar-refractivity contribution in [3.8, 4) is 34.0 Å². The molecule has 5 rings (SSSR count). The Morgan fingerprint density at radius 2 is 1.18 bits per heavy atom. The van der Waals surface area contributed by atoms with Crippen molar-refractivity contribution in [3.05, 3.63) is 96.6 Å². The minimum atomic E-state index is 0.526. The van der Waals surface area contributed by atoms with Gasteiger partial charge < -0.3 is 4.42 Å². The van der Waals surface area contributed by atoms with Crippen LogP contribution < -0.4 is 0 Å². The maximum absolute atomic E-state index is 6.00. The van der Waals surface area contributed by atoms with Crippen LogP contribution in [0.25, 0.3) is 44.8 Å². The van der Waals surface area contributed by atoms with Crippen molar-refractivity contribution in [2.75, 3.05) is 0 Å². The second-order valence-electron chi connectivity index (χ2n) is 6.88. The van der Waals surface area contributed by atoms with E-state index in [9.17, 15) is 0 Å². The Kier molecular flexibility index (Phi) is 3.99. The average Bonchev–Trinajstić information content (AvgIpc) is 3.24. The van der Waals surface area contributed by atoms with Gasteiger partial charge in [-0.3, -0.25) is 0 Å². The summed E-state index contributed by atoms with van der Waals surface area (Å²) in [6.45, 7) is 2.09. The molecule has 0 saturated heterocycles. The van der Waals surface area contributed by atoms with Crippen molar-refractivity contribution >= 4 is 10.8 Å². The molecule has 0 aliphatic carbocycles. The van der Waals surface area contributed by atoms with Crippen molar-refractivity contribution < 1.29 is 4.42 Å². The number of fused-ring (bicyclic) bond motifs is 1. The van der Waals surface area contributed by atoms with Gasteiger partial charge in [0, 0.05) is 11.1 Å². The first-order chi connectivity index (χ1) is 13.8. The van der Waals surface area contributed by atoms with Crippen molar-refractivity contribution in [1.29, 1.82) is 0 Å². The fourth-order valence-corrected chi connectivity index (χ4v) is 3.41. The number of rotatable bonds is 3. The van der Waals surface area contributed by atoms with Gasteiger partial charge in [0.1, 0.15) is 0 Å². The highest BCUT2D eigenvalue weighted by molar-refractivity contribution is 5.94. The molecule has 0 atom stereocenters. The van der Waals surface area contributed by atoms with Gasteiger partial charge in [0.05, 0.1) is 0 Å². The molecule has 0 aliphatic rings. The summed E-state index contributed by atoms with van der Waals surface area (Å²) in [5.41, 5.74) is 5.48. The second-order valence-corrected chi connectivity index (χ2v) is 6.88. The third kappa shape index (κ3) is 2.97. The zero-order valence-electron chi connectivity index (χ0n) is 15.5. The maximum Gasteiger partial charge on any atom is 0.248 e. The summed E-state index contributed by atoms with van der Waals surface area (Å²) in [5, 5.41) is 10.8. The van der Waals surface area contributed by atoms with Crippen LogP contribution in [0.15, 0.2) is 95.4 Å². The van der Waals surface area contributed by atoms with E-state index in [-0.39, 0.29) is 0 Å². The summed E-state index contributed by atoms with van der Waals surface area (Å²) in [6.07, 6.45) is 0. The van der Waals surface area contributed by atoms with E-state index in [2.05, 4.69) is 71.7 Å². The van der Waals surface area contributed by atoms with E-state index >= 15 is 0 Å². The summed E-state index contributed by atoms with van der Waals surface area (Å²) < 4.78 is 6.00. The lowest BCUT2D eigenvalue weighted by atomic mass is 10.0. The predicted molar refractivity (Wildman–Crippen MR) is 113 cm³/mol. The van der Waals surface area contributed by atoms with Crippen LogP contribution in [0.5, 0.6) is 0 Å². The van der Waals surface area contributed by atoms with Gasteiger partial charge in [0.25, 0.3) is 0 Å². The highest BCUT2D eigenvalue weighted by Gasteiger charge is 2.13. The SMILES string of the molecule is Cc1ccc(-c2ccc(-c3nnc(-c4cccc5ccccc45)o3)cc2)cc1. The number of aromatic nitrogens is 2. The lowest BCUT2D eigenvalue weighted by Gasteiger charge is -2.03. The van der Waals surface area contributed by atoms with Crippen LogP contribution in [0.4, 0.5) is 0 Å². The highest BCUT2D eigenvalue weighted by Crippen LogP contribution is 2.30. The molecule has 0 fully saturated rings. The molecule has 3 heteroatoms. The molecule has 0 amide bonds. The van der Waals surface area contributed by atoms with Crippen molar-refractivity contribution in [3.63, 3.8) is 0 Å². The standard InChI is InChI=1S/C25H18N2O/c1-17-9-11-18(12-10-17)19-13-15-21(16-14-19)24-26-27-25(28-24)23-8-4-6-20-5-2-3-7-22(20)23/h2-16H,1H3. The van der Waals surface area contributed by atoms with Crippen LogP contribution in [0.1, 0.15) is 5.56 Å². The molecule has 5 aromatic rings. The van der Waals surface area contributed by atoms with E-state index in [1.807, 2.05) is 36.4 Å². The zero-order valence-corrected chi connectivity index (χ0v) is 15.5. The smallest absolute Gasteiger partial charge is 0.248 e. The Morgan fingerprint density at radius 3 is 1.96 bits per heavy atom. The summed E-state index contributed by atoms with van der Waals surface area (Å²) >= 11 is 0. The van der Waals surface area contributed by atoms with Crippen molar-refractivity contribution in [2.45, 2.75) is 6.92 Å². The molecule has 0 radical (unpaired) electrons. The van der Waals surface area contributed by atoms with Crippen molar-refractivity contribution in [2.24, 2.45) is 0 Å². The quantitative estimate of drug-likeness (QED) is 0.366. The number of hydrogen-bond donors (Lipinski definition) is 0. The largest absolute Gasteiger partial charge is 0.416 e. The average molecular weight is 362 g/mol. The molecule has 0 saturated carbocycles. The van der Waals surface area contributed by atoms with E-state index in [0.29, 0.717) is 11.8 Å². The molecule has 28 heavy (non-hydrogen) atoms. The molecule has 0 N–H and O–H groups in total. The highest BCUT2D eigenvalue weighted by atomic mass is 16.4. The summed E-state index contributed by atoms with van der Waals surface area (Å²) in [4.78, 5) is 0. The number of aryl methyl sites for hydroxylation is 1. The fourth-order valence-electron chi connectivity index (χ4n) is 3.41. The van der Waals surface area contributed by atoms with Gasteiger partial charge in [-0.15, -0.1) is 10.2 Å². The van der Waals surface area contributed by atoms with E-state index in [0.717, 1.165) is 27.5 Å². The Bertz CT molecular complexity index is 1250. The number of nitrogens with zero attached hydrogens (tertiary/aromatic N) is 2. The molecule has 4 aromatic carbocycles. The Morgan fingerprint density at radius 1 is 0.571 bits per heavy atom. The Labute approximate surface area is 163 Å². The molecule has 0 unspecified atom stereocenters. The van der Waals surface area contributed by atoms with E-state index in [4.69, 9.17) is 4.42 Å². The molecule has 1 heterocycles. The summed E-state index contributed by atoms with van der Waals surface area (Å²) in [5.74, 6) is 1.06. The molecular formula is C25H18N2O. The first-order valence-electron chi connectivity index (χ1n) is 9.27. The van der Waals surface area contributed by atoms with Crippen LogP contribution in [-0.2, 0) is 0 Å². The van der Waals surface area contributed by atoms with E-state index in [1.165, 1.54) is 11.1 Å². The molecule has 0 aliphatic heterocycles. The zero-order chi connectivity index (χ0) is 18.9. The molecule has 134 valence electrons. The maximum atomic E-state index is 6.00. The van der Waals surface area contributed by atoms with E-state index < -0.39 is 0 Å². The van der Waals surface area contributed by atoms with Gasteiger partial charge >= 0.3 is 0 Å². The lowest BCUT2D eigenvalue weighted by Crippen LogP contribution is -1.81. The molecule has 3 nitrogen and oxygen atoms in total. The minimum Gasteiger partial charge on any atom is -0.416 e. The Balaban J connectivity index is 1.48. The van der Waals surface area contributed by atoms with E-state index in [1.54, 1.807) is 0 Å². The third-order valence-corrected chi connectivity index (χ3v) is 4.96. The topological polar surface area (TPSA) is 38.9 Å². The molecular weight excluding hydrogens is 344 g/mol. The van der Waals surface area contributed by atoms with Gasteiger partial charge in [-0.2, -0.15) is 0 Å². The lowest BCUT2D eigenvalue weighted by molar-refractivity contribution is 0.585. The van der Waals surface area contributed by atoms with Gasteiger partial charge in [0.2, 0.25) is 11.8 Å². The van der Waals surface area contributed by atoms with Gasteiger partial charge in [-0.05, 0) is 47.0 Å². The third-order valence-electron chi connectivity index (χ3n) is 4.96. The Hall–Kier alpha value is -3.72.